The Balaban J connectivity index is 2.19. The SMILES string of the molecule is COC(=O)CC=Cc1ccc2onc(N)c2c1. The van der Waals surface area contributed by atoms with Crippen LogP contribution in [0.15, 0.2) is 28.8 Å². The molecule has 0 atom stereocenters. The smallest absolute Gasteiger partial charge is 0.309 e. The van der Waals surface area contributed by atoms with Crippen LogP contribution in [0.5, 0.6) is 0 Å². The van der Waals surface area contributed by atoms with Gasteiger partial charge in [-0.05, 0) is 17.7 Å². The topological polar surface area (TPSA) is 78.3 Å². The van der Waals surface area contributed by atoms with Crippen molar-refractivity contribution in [2.75, 3.05) is 12.8 Å². The van der Waals surface area contributed by atoms with E-state index in [1.54, 1.807) is 12.1 Å². The van der Waals surface area contributed by atoms with Crippen LogP contribution >= 0.6 is 0 Å². The molecule has 0 spiro atoms. The van der Waals surface area contributed by atoms with Gasteiger partial charge in [0.2, 0.25) is 0 Å². The van der Waals surface area contributed by atoms with Crippen LogP contribution in [0.2, 0.25) is 0 Å². The lowest BCUT2D eigenvalue weighted by Crippen LogP contribution is -1.96. The maximum atomic E-state index is 10.9. The van der Waals surface area contributed by atoms with Gasteiger partial charge in [-0.15, -0.1) is 0 Å². The van der Waals surface area contributed by atoms with Crippen LogP contribution in [0.1, 0.15) is 12.0 Å². The lowest BCUT2D eigenvalue weighted by Gasteiger charge is -1.94. The molecule has 2 rings (SSSR count). The average molecular weight is 232 g/mol. The second kappa shape index (κ2) is 4.69. The van der Waals surface area contributed by atoms with Crippen LogP contribution in [-0.4, -0.2) is 18.2 Å². The van der Waals surface area contributed by atoms with Gasteiger partial charge in [-0.1, -0.05) is 23.4 Å². The molecule has 2 N–H and O–H groups in total. The number of nitrogens with zero attached hydrogens (tertiary/aromatic N) is 1. The fourth-order valence-corrected chi connectivity index (χ4v) is 1.45. The second-order valence-electron chi connectivity index (χ2n) is 3.51. The summed E-state index contributed by atoms with van der Waals surface area (Å²) in [6.07, 6.45) is 3.80. The van der Waals surface area contributed by atoms with Gasteiger partial charge in [0.1, 0.15) is 0 Å². The van der Waals surface area contributed by atoms with Crippen molar-refractivity contribution >= 4 is 28.8 Å². The lowest BCUT2D eigenvalue weighted by atomic mass is 10.1. The van der Waals surface area contributed by atoms with Crippen molar-refractivity contribution in [2.24, 2.45) is 0 Å². The Bertz CT molecular complexity index is 572. The fraction of sp³-hybridized carbons (Fsp3) is 0.167. The molecule has 0 aliphatic rings. The molecule has 0 fully saturated rings. The average Bonchev–Trinajstić information content (AvgIpc) is 2.71. The maximum Gasteiger partial charge on any atom is 0.309 e. The number of hydrogen-bond acceptors (Lipinski definition) is 5. The lowest BCUT2D eigenvalue weighted by molar-refractivity contribution is -0.139. The molecule has 0 radical (unpaired) electrons. The summed E-state index contributed by atoms with van der Waals surface area (Å²) < 4.78 is 9.52. The summed E-state index contributed by atoms with van der Waals surface area (Å²) in [5.41, 5.74) is 7.21. The first-order valence-corrected chi connectivity index (χ1v) is 5.09. The molecular weight excluding hydrogens is 220 g/mol. The number of benzene rings is 1. The molecule has 0 saturated heterocycles. The first-order chi connectivity index (χ1) is 8.20. The van der Waals surface area contributed by atoms with E-state index in [-0.39, 0.29) is 12.4 Å². The van der Waals surface area contributed by atoms with Gasteiger partial charge >= 0.3 is 5.97 Å². The van der Waals surface area contributed by atoms with Crippen molar-refractivity contribution in [3.8, 4) is 0 Å². The van der Waals surface area contributed by atoms with Crippen molar-refractivity contribution in [1.29, 1.82) is 0 Å². The number of nitrogens with two attached hydrogens (primary N) is 1. The van der Waals surface area contributed by atoms with E-state index in [0.29, 0.717) is 11.4 Å². The van der Waals surface area contributed by atoms with Crippen LogP contribution in [0, 0.1) is 0 Å². The number of esters is 1. The molecule has 1 heterocycles. The third kappa shape index (κ3) is 2.44. The zero-order chi connectivity index (χ0) is 12.3. The Morgan fingerprint density at radius 3 is 3.18 bits per heavy atom. The highest BCUT2D eigenvalue weighted by Crippen LogP contribution is 2.22. The van der Waals surface area contributed by atoms with Gasteiger partial charge in [0.15, 0.2) is 11.4 Å². The molecule has 5 nitrogen and oxygen atoms in total. The van der Waals surface area contributed by atoms with Gasteiger partial charge < -0.3 is 15.0 Å². The minimum absolute atomic E-state index is 0.244. The Morgan fingerprint density at radius 2 is 2.41 bits per heavy atom. The van der Waals surface area contributed by atoms with E-state index < -0.39 is 0 Å². The normalized spacial score (nSPS) is 11.1. The molecule has 5 heteroatoms. The first kappa shape index (κ1) is 11.2. The van der Waals surface area contributed by atoms with Crippen LogP contribution in [0.4, 0.5) is 5.82 Å². The van der Waals surface area contributed by atoms with Crippen molar-refractivity contribution in [2.45, 2.75) is 6.42 Å². The van der Waals surface area contributed by atoms with Crippen molar-refractivity contribution in [3.05, 3.63) is 29.8 Å². The number of hydrogen-bond donors (Lipinski definition) is 1. The largest absolute Gasteiger partial charge is 0.469 e. The zero-order valence-electron chi connectivity index (χ0n) is 9.34. The number of nitrogen functional groups attached to an aromatic ring is 1. The summed E-state index contributed by atoms with van der Waals surface area (Å²) in [5, 5.41) is 4.43. The van der Waals surface area contributed by atoms with Gasteiger partial charge in [0.05, 0.1) is 18.9 Å². The van der Waals surface area contributed by atoms with E-state index in [1.807, 2.05) is 18.2 Å². The minimum atomic E-state index is -0.271. The third-order valence-electron chi connectivity index (χ3n) is 2.34. The third-order valence-corrected chi connectivity index (χ3v) is 2.34. The molecule has 0 saturated carbocycles. The van der Waals surface area contributed by atoms with Gasteiger partial charge in [0, 0.05) is 0 Å². The monoisotopic (exact) mass is 232 g/mol. The minimum Gasteiger partial charge on any atom is -0.469 e. The maximum absolute atomic E-state index is 10.9. The van der Waals surface area contributed by atoms with Crippen LogP contribution in [-0.2, 0) is 9.53 Å². The zero-order valence-corrected chi connectivity index (χ0v) is 9.34. The standard InChI is InChI=1S/C12H12N2O3/c1-16-11(15)4-2-3-8-5-6-10-9(7-8)12(13)14-17-10/h2-3,5-7H,4H2,1H3,(H2,13,14). The number of rotatable bonds is 3. The van der Waals surface area contributed by atoms with Crippen molar-refractivity contribution in [1.82, 2.24) is 5.16 Å². The Kier molecular flexibility index (Phi) is 3.09. The van der Waals surface area contributed by atoms with E-state index in [1.165, 1.54) is 7.11 Å². The number of carbonyl (C=O) groups excluding carboxylic acids is 1. The predicted octanol–water partition coefficient (Wildman–Crippen LogP) is 1.99. The van der Waals surface area contributed by atoms with Crippen molar-refractivity contribution in [3.63, 3.8) is 0 Å². The van der Waals surface area contributed by atoms with Gasteiger partial charge in [0.25, 0.3) is 0 Å². The summed E-state index contributed by atoms with van der Waals surface area (Å²) in [6, 6.07) is 5.51. The molecule has 0 aliphatic carbocycles. The van der Waals surface area contributed by atoms with E-state index >= 15 is 0 Å². The summed E-state index contributed by atoms with van der Waals surface area (Å²) in [6.45, 7) is 0. The summed E-state index contributed by atoms with van der Waals surface area (Å²) in [5.74, 6) is 0.0926. The summed E-state index contributed by atoms with van der Waals surface area (Å²) >= 11 is 0. The number of ether oxygens (including phenoxy) is 1. The van der Waals surface area contributed by atoms with E-state index in [0.717, 1.165) is 10.9 Å². The van der Waals surface area contributed by atoms with Gasteiger partial charge in [-0.2, -0.15) is 0 Å². The van der Waals surface area contributed by atoms with E-state index in [4.69, 9.17) is 10.3 Å². The van der Waals surface area contributed by atoms with E-state index in [2.05, 4.69) is 9.89 Å². The molecule has 88 valence electrons. The van der Waals surface area contributed by atoms with Crippen LogP contribution < -0.4 is 5.73 Å². The first-order valence-electron chi connectivity index (χ1n) is 5.09. The van der Waals surface area contributed by atoms with Crippen LogP contribution in [0.25, 0.3) is 17.0 Å². The Hall–Kier alpha value is -2.30. The number of aromatic nitrogens is 1. The summed E-state index contributed by atoms with van der Waals surface area (Å²) in [4.78, 5) is 10.9. The number of carbonyl (C=O) groups is 1. The Labute approximate surface area is 97.8 Å². The molecule has 0 unspecified atom stereocenters. The number of methoxy groups -OCH3 is 1. The molecule has 1 aromatic heterocycles. The molecule has 0 bridgehead atoms. The number of anilines is 1. The second-order valence-corrected chi connectivity index (χ2v) is 3.51. The molecule has 2 aromatic rings. The quantitative estimate of drug-likeness (QED) is 0.818. The molecular formula is C12H12N2O3. The van der Waals surface area contributed by atoms with Gasteiger partial charge in [-0.25, -0.2) is 0 Å². The fourth-order valence-electron chi connectivity index (χ4n) is 1.45. The van der Waals surface area contributed by atoms with Gasteiger partial charge in [-0.3, -0.25) is 4.79 Å². The summed E-state index contributed by atoms with van der Waals surface area (Å²) in [7, 11) is 1.36. The Morgan fingerprint density at radius 1 is 1.59 bits per heavy atom. The van der Waals surface area contributed by atoms with E-state index in [9.17, 15) is 4.79 Å². The van der Waals surface area contributed by atoms with Crippen LogP contribution in [0.3, 0.4) is 0 Å². The number of fused-ring (bicyclic) bond motifs is 1. The molecule has 0 amide bonds. The van der Waals surface area contributed by atoms with Crippen molar-refractivity contribution < 1.29 is 14.1 Å². The molecule has 0 aliphatic heterocycles. The highest BCUT2D eigenvalue weighted by molar-refractivity contribution is 5.88. The predicted molar refractivity (Wildman–Crippen MR) is 64.1 cm³/mol. The molecule has 17 heavy (non-hydrogen) atoms. The highest BCUT2D eigenvalue weighted by Gasteiger charge is 2.04. The highest BCUT2D eigenvalue weighted by atomic mass is 16.5. The molecule has 1 aromatic carbocycles.